The van der Waals surface area contributed by atoms with Crippen LogP contribution >= 0.6 is 0 Å². The second kappa shape index (κ2) is 9.59. The fourth-order valence-corrected chi connectivity index (χ4v) is 3.64. The highest BCUT2D eigenvalue weighted by Gasteiger charge is 2.22. The number of benzene rings is 2. The van der Waals surface area contributed by atoms with E-state index in [-0.39, 0.29) is 5.91 Å². The van der Waals surface area contributed by atoms with Gasteiger partial charge in [-0.15, -0.1) is 0 Å². The monoisotopic (exact) mass is 403 g/mol. The number of hydrogen-bond acceptors (Lipinski definition) is 5. The lowest BCUT2D eigenvalue weighted by atomic mass is 10.1. The van der Waals surface area contributed by atoms with Crippen LogP contribution in [0, 0.1) is 0 Å². The topological polar surface area (TPSA) is 71.0 Å². The van der Waals surface area contributed by atoms with E-state index in [9.17, 15) is 9.00 Å². The highest BCUT2D eigenvalue weighted by molar-refractivity contribution is 7.93. The Hall–Kier alpha value is -2.54. The van der Waals surface area contributed by atoms with Crippen LogP contribution in [0.2, 0.25) is 0 Å². The molecule has 0 spiro atoms. The molecule has 1 N–H and O–H groups in total. The Bertz CT molecular complexity index is 933. The summed E-state index contributed by atoms with van der Waals surface area (Å²) in [5, 5.41) is 3.34. The second-order valence-corrected chi connectivity index (χ2v) is 9.14. The van der Waals surface area contributed by atoms with Gasteiger partial charge in [-0.05, 0) is 30.7 Å². The van der Waals surface area contributed by atoms with Crippen molar-refractivity contribution in [1.29, 1.82) is 0 Å². The number of nitrogens with one attached hydrogen (secondary N) is 1. The van der Waals surface area contributed by atoms with E-state index < -0.39 is 9.73 Å². The first-order valence-corrected chi connectivity index (χ1v) is 11.2. The molecular weight excluding hydrogens is 374 g/mol. The molecule has 1 atom stereocenters. The summed E-state index contributed by atoms with van der Waals surface area (Å²) >= 11 is 0. The number of anilines is 1. The van der Waals surface area contributed by atoms with Crippen LogP contribution in [-0.2, 0) is 9.73 Å². The molecule has 28 heavy (non-hydrogen) atoms. The van der Waals surface area contributed by atoms with Crippen molar-refractivity contribution < 1.29 is 13.7 Å². The maximum absolute atomic E-state index is 13.2. The quantitative estimate of drug-likeness (QED) is 0.660. The molecule has 0 bridgehead atoms. The minimum atomic E-state index is -2.74. The Labute approximate surface area is 168 Å². The van der Waals surface area contributed by atoms with Crippen molar-refractivity contribution in [3.05, 3.63) is 48.0 Å². The van der Waals surface area contributed by atoms with Gasteiger partial charge >= 0.3 is 0 Å². The van der Waals surface area contributed by atoms with Crippen molar-refractivity contribution in [3.8, 4) is 11.5 Å². The van der Waals surface area contributed by atoms with Gasteiger partial charge in [-0.1, -0.05) is 31.5 Å². The fraction of sp³-hybridized carbons (Fsp3) is 0.381. The van der Waals surface area contributed by atoms with Crippen molar-refractivity contribution in [1.82, 2.24) is 4.90 Å². The maximum Gasteiger partial charge on any atom is 0.253 e. The number of hydrogen-bond donors (Lipinski definition) is 1. The van der Waals surface area contributed by atoms with Gasteiger partial charge in [-0.2, -0.15) is 0 Å². The zero-order valence-corrected chi connectivity index (χ0v) is 18.0. The molecule has 1 amide bonds. The summed E-state index contributed by atoms with van der Waals surface area (Å²) in [4.78, 5) is 14.5. The van der Waals surface area contributed by atoms with Crippen LogP contribution in [0.4, 0.5) is 5.69 Å². The lowest BCUT2D eigenvalue weighted by Crippen LogP contribution is -2.22. The van der Waals surface area contributed by atoms with Crippen LogP contribution in [0.25, 0.3) is 0 Å². The highest BCUT2D eigenvalue weighted by Crippen LogP contribution is 2.38. The van der Waals surface area contributed by atoms with Crippen molar-refractivity contribution in [2.45, 2.75) is 24.7 Å². The summed E-state index contributed by atoms with van der Waals surface area (Å²) in [5.74, 6) is 0.897. The third-order valence-electron chi connectivity index (χ3n) is 4.27. The van der Waals surface area contributed by atoms with Crippen LogP contribution in [0.3, 0.4) is 0 Å². The van der Waals surface area contributed by atoms with E-state index in [0.717, 1.165) is 19.4 Å². The van der Waals surface area contributed by atoms with E-state index in [4.69, 9.17) is 4.74 Å². The summed E-state index contributed by atoms with van der Waals surface area (Å²) in [7, 11) is 2.15. The second-order valence-electron chi connectivity index (χ2n) is 6.73. The molecule has 2 aromatic carbocycles. The summed E-state index contributed by atoms with van der Waals surface area (Å²) < 4.78 is 23.4. The molecule has 0 aliphatic carbocycles. The largest absolute Gasteiger partial charge is 0.454 e. The van der Waals surface area contributed by atoms with Gasteiger partial charge in [0.25, 0.3) is 5.91 Å². The van der Waals surface area contributed by atoms with Gasteiger partial charge in [0.2, 0.25) is 0 Å². The van der Waals surface area contributed by atoms with E-state index in [2.05, 4.69) is 16.6 Å². The number of rotatable bonds is 8. The average molecular weight is 404 g/mol. The Morgan fingerprint density at radius 1 is 1.21 bits per heavy atom. The SMILES string of the molecule is CCCCNc1cc(C(=O)N(C)C)cc(S(C)(=O)=NC)c1Oc1ccccc1. The molecule has 0 radical (unpaired) electrons. The van der Waals surface area contributed by atoms with Crippen LogP contribution < -0.4 is 10.1 Å². The lowest BCUT2D eigenvalue weighted by Gasteiger charge is -2.20. The number of unbranched alkanes of at least 4 members (excludes halogenated alkanes) is 1. The molecule has 0 aliphatic heterocycles. The zero-order valence-electron chi connectivity index (χ0n) is 17.2. The minimum Gasteiger partial charge on any atom is -0.454 e. The predicted octanol–water partition coefficient (Wildman–Crippen LogP) is 4.48. The van der Waals surface area contributed by atoms with E-state index in [1.54, 1.807) is 32.5 Å². The van der Waals surface area contributed by atoms with Gasteiger partial charge in [0.15, 0.2) is 5.75 Å². The van der Waals surface area contributed by atoms with Gasteiger partial charge in [-0.25, -0.2) is 8.57 Å². The van der Waals surface area contributed by atoms with Gasteiger partial charge in [-0.3, -0.25) is 4.79 Å². The Morgan fingerprint density at radius 3 is 2.46 bits per heavy atom. The molecule has 7 heteroatoms. The Balaban J connectivity index is 2.69. The predicted molar refractivity (Wildman–Crippen MR) is 115 cm³/mol. The number of para-hydroxylation sites is 1. The first kappa shape index (κ1) is 21.8. The van der Waals surface area contributed by atoms with Gasteiger partial charge in [0, 0.05) is 39.5 Å². The molecule has 152 valence electrons. The summed E-state index contributed by atoms with van der Waals surface area (Å²) in [6, 6.07) is 12.7. The normalized spacial score (nSPS) is 12.8. The molecule has 6 nitrogen and oxygen atoms in total. The van der Waals surface area contributed by atoms with Crippen LogP contribution in [0.15, 0.2) is 51.7 Å². The van der Waals surface area contributed by atoms with Crippen LogP contribution in [0.1, 0.15) is 30.1 Å². The molecule has 2 aromatic rings. The van der Waals surface area contributed by atoms with Crippen molar-refractivity contribution >= 4 is 21.3 Å². The summed E-state index contributed by atoms with van der Waals surface area (Å²) in [6.07, 6.45) is 3.55. The zero-order chi connectivity index (χ0) is 20.7. The number of nitrogens with zero attached hydrogens (tertiary/aromatic N) is 2. The van der Waals surface area contributed by atoms with Gasteiger partial charge in [0.05, 0.1) is 20.3 Å². The number of amides is 1. The lowest BCUT2D eigenvalue weighted by molar-refractivity contribution is 0.0827. The van der Waals surface area contributed by atoms with Crippen molar-refractivity contribution in [3.63, 3.8) is 0 Å². The van der Waals surface area contributed by atoms with E-state index >= 15 is 0 Å². The van der Waals surface area contributed by atoms with Gasteiger partial charge in [0.1, 0.15) is 5.75 Å². The third-order valence-corrected chi connectivity index (χ3v) is 6.09. The molecule has 0 heterocycles. The van der Waals surface area contributed by atoms with E-state index in [0.29, 0.717) is 27.6 Å². The molecule has 0 aromatic heterocycles. The Morgan fingerprint density at radius 2 is 1.89 bits per heavy atom. The Kier molecular flexibility index (Phi) is 7.45. The minimum absolute atomic E-state index is 0.169. The molecule has 0 saturated carbocycles. The number of carbonyl (C=O) groups is 1. The number of carbonyl (C=O) groups excluding carboxylic acids is 1. The average Bonchev–Trinajstić information content (AvgIpc) is 2.69. The molecular formula is C21H29N3O3S. The molecule has 0 aliphatic rings. The molecule has 0 fully saturated rings. The summed E-state index contributed by atoms with van der Waals surface area (Å²) in [5.41, 5.74) is 1.08. The van der Waals surface area contributed by atoms with Crippen LogP contribution in [0.5, 0.6) is 11.5 Å². The molecule has 0 saturated heterocycles. The summed E-state index contributed by atoms with van der Waals surface area (Å²) in [6.45, 7) is 2.82. The number of ether oxygens (including phenoxy) is 1. The standard InChI is InChI=1S/C21H29N3O3S/c1-6-7-13-23-18-14-16(21(25)24(3)4)15-19(28(5,26)22-2)20(18)27-17-11-9-8-10-12-17/h8-12,14-15,23H,6-7,13H2,1-5H3. The third kappa shape index (κ3) is 5.25. The first-order chi connectivity index (χ1) is 13.3. The van der Waals surface area contributed by atoms with E-state index in [1.807, 2.05) is 30.3 Å². The highest BCUT2D eigenvalue weighted by atomic mass is 32.2. The fourth-order valence-electron chi connectivity index (χ4n) is 2.61. The first-order valence-electron chi connectivity index (χ1n) is 9.27. The van der Waals surface area contributed by atoms with Crippen molar-refractivity contribution in [2.24, 2.45) is 4.36 Å². The molecule has 1 unspecified atom stereocenters. The maximum atomic E-state index is 13.2. The van der Waals surface area contributed by atoms with Gasteiger partial charge < -0.3 is 15.0 Å². The molecule has 2 rings (SSSR count). The smallest absolute Gasteiger partial charge is 0.253 e. The van der Waals surface area contributed by atoms with Crippen LogP contribution in [-0.4, -0.2) is 49.0 Å². The van der Waals surface area contributed by atoms with Crippen molar-refractivity contribution in [2.75, 3.05) is 39.3 Å². The van der Waals surface area contributed by atoms with E-state index in [1.165, 1.54) is 11.9 Å².